The van der Waals surface area contributed by atoms with Crippen molar-refractivity contribution in [2.45, 2.75) is 94.7 Å². The number of carbonyl (C=O) groups is 2. The number of aliphatic carboxylic acids is 1. The average Bonchev–Trinajstić information content (AvgIpc) is 3.39. The van der Waals surface area contributed by atoms with Crippen LogP contribution in [0.4, 0.5) is 33.6 Å². The normalized spacial score (nSPS) is 26.3. The third kappa shape index (κ3) is 8.68. The molecule has 1 spiro atoms. The third-order valence-corrected chi connectivity index (χ3v) is 11.9. The summed E-state index contributed by atoms with van der Waals surface area (Å²) in [4.78, 5) is 41.1. The summed E-state index contributed by atoms with van der Waals surface area (Å²) in [6.07, 6.45) is 5.07. The molecule has 1 amide bonds. The molecule has 11 nitrogen and oxygen atoms in total. The Labute approximate surface area is 305 Å². The summed E-state index contributed by atoms with van der Waals surface area (Å²) >= 11 is 0. The number of rotatable bonds is 10. The van der Waals surface area contributed by atoms with E-state index in [1.165, 1.54) is 11.1 Å². The number of anilines is 2. The van der Waals surface area contributed by atoms with E-state index in [9.17, 15) is 27.9 Å². The van der Waals surface area contributed by atoms with E-state index in [-0.39, 0.29) is 49.0 Å². The van der Waals surface area contributed by atoms with Crippen molar-refractivity contribution >= 4 is 23.5 Å². The van der Waals surface area contributed by atoms with Crippen molar-refractivity contribution in [1.82, 2.24) is 25.2 Å². The molecule has 2 N–H and O–H groups in total. The van der Waals surface area contributed by atoms with Crippen molar-refractivity contribution in [3.05, 3.63) is 35.3 Å². The van der Waals surface area contributed by atoms with E-state index >= 15 is 8.78 Å². The number of nitrogens with one attached hydrogen (secondary N) is 1. The second-order valence-electron chi connectivity index (χ2n) is 16.0. The lowest BCUT2D eigenvalue weighted by Crippen LogP contribution is -2.42. The Morgan fingerprint density at radius 1 is 1.00 bits per heavy atom. The van der Waals surface area contributed by atoms with Gasteiger partial charge in [-0.25, -0.2) is 15.0 Å². The molecule has 2 atom stereocenters. The first-order valence-electron chi connectivity index (χ1n) is 18.7. The second-order valence-corrected chi connectivity index (χ2v) is 16.0. The number of carbonyl (C=O) groups excluding carboxylic acids is 1. The zero-order valence-electron chi connectivity index (χ0n) is 29.8. The number of aromatic nitrogens is 3. The predicted molar refractivity (Wildman–Crippen MR) is 182 cm³/mol. The first-order chi connectivity index (χ1) is 25.1. The van der Waals surface area contributed by atoms with Crippen molar-refractivity contribution in [3.8, 4) is 5.88 Å². The van der Waals surface area contributed by atoms with Crippen molar-refractivity contribution < 1.29 is 46.1 Å². The van der Waals surface area contributed by atoms with E-state index in [1.54, 1.807) is 11.1 Å². The zero-order valence-corrected chi connectivity index (χ0v) is 29.8. The Bertz CT molecular complexity index is 1650. The van der Waals surface area contributed by atoms with Crippen molar-refractivity contribution in [2.24, 2.45) is 23.7 Å². The van der Waals surface area contributed by atoms with Gasteiger partial charge in [-0.15, -0.1) is 0 Å². The van der Waals surface area contributed by atoms with Crippen LogP contribution in [0.1, 0.15) is 92.7 Å². The Balaban J connectivity index is 1.06. The number of hydrogen-bond acceptors (Lipinski definition) is 9. The molecule has 4 fully saturated rings. The first kappa shape index (κ1) is 37.6. The molecule has 7 rings (SSSR count). The Morgan fingerprint density at radius 2 is 1.68 bits per heavy atom. The zero-order chi connectivity index (χ0) is 37.5. The maximum atomic E-state index is 15.2. The van der Waals surface area contributed by atoms with E-state index in [4.69, 9.17) is 9.47 Å². The van der Waals surface area contributed by atoms with E-state index in [0.717, 1.165) is 37.7 Å². The number of carboxylic acid groups (broad SMARTS) is 1. The topological polar surface area (TPSA) is 130 Å². The van der Waals surface area contributed by atoms with Crippen LogP contribution in [0.2, 0.25) is 0 Å². The average molecular weight is 751 g/mol. The highest BCUT2D eigenvalue weighted by atomic mass is 19.4. The Hall–Kier alpha value is -3.66. The summed E-state index contributed by atoms with van der Waals surface area (Å²) in [5.74, 6) is -3.36. The first-order valence-corrected chi connectivity index (χ1v) is 18.7. The number of likely N-dealkylation sites (tertiary alicyclic amines) is 1. The smallest absolute Gasteiger partial charge is 0.401 e. The molecule has 2 aromatic rings. The van der Waals surface area contributed by atoms with Crippen molar-refractivity contribution in [1.29, 1.82) is 0 Å². The van der Waals surface area contributed by atoms with Crippen LogP contribution in [-0.2, 0) is 20.9 Å². The van der Waals surface area contributed by atoms with Gasteiger partial charge in [0.1, 0.15) is 11.8 Å². The van der Waals surface area contributed by atoms with Gasteiger partial charge in [0.05, 0.1) is 24.0 Å². The molecule has 2 bridgehead atoms. The highest BCUT2D eigenvalue weighted by Gasteiger charge is 2.47. The quantitative estimate of drug-likeness (QED) is 0.270. The second kappa shape index (κ2) is 14.9. The van der Waals surface area contributed by atoms with Gasteiger partial charge in [-0.2, -0.15) is 22.0 Å². The maximum absolute atomic E-state index is 15.2. The van der Waals surface area contributed by atoms with E-state index in [0.29, 0.717) is 82.3 Å². The summed E-state index contributed by atoms with van der Waals surface area (Å²) in [7, 11) is 0. The van der Waals surface area contributed by atoms with Crippen LogP contribution in [-0.4, -0.2) is 95.1 Å². The molecular weight excluding hydrogens is 703 g/mol. The number of carboxylic acids is 1. The fourth-order valence-corrected chi connectivity index (χ4v) is 9.63. The predicted octanol–water partition coefficient (Wildman–Crippen LogP) is 6.24. The number of hydrogen-bond donors (Lipinski definition) is 2. The lowest BCUT2D eigenvalue weighted by atomic mass is 9.64. The summed E-state index contributed by atoms with van der Waals surface area (Å²) in [6.45, 7) is 1.98. The number of piperidine rings is 1. The molecule has 3 aliphatic heterocycles. The number of amides is 1. The molecule has 2 saturated carbocycles. The molecule has 2 saturated heterocycles. The maximum Gasteiger partial charge on any atom is 0.401 e. The molecule has 53 heavy (non-hydrogen) atoms. The van der Waals surface area contributed by atoms with Crippen LogP contribution in [0.25, 0.3) is 0 Å². The molecule has 5 heterocycles. The number of alkyl halides is 5. The van der Waals surface area contributed by atoms with Gasteiger partial charge >= 0.3 is 12.1 Å². The molecular formula is C37H47F5N6O5. The van der Waals surface area contributed by atoms with Gasteiger partial charge in [0.2, 0.25) is 11.8 Å². The summed E-state index contributed by atoms with van der Waals surface area (Å²) in [5, 5.41) is 12.1. The van der Waals surface area contributed by atoms with Gasteiger partial charge in [-0.05, 0) is 87.0 Å². The van der Waals surface area contributed by atoms with Crippen LogP contribution in [0.5, 0.6) is 5.88 Å². The van der Waals surface area contributed by atoms with Crippen molar-refractivity contribution in [3.63, 3.8) is 0 Å². The van der Waals surface area contributed by atoms with E-state index < -0.39 is 41.6 Å². The molecule has 16 heteroatoms. The number of ether oxygens (including phenoxy) is 2. The lowest BCUT2D eigenvalue weighted by molar-refractivity contribution is -0.149. The van der Waals surface area contributed by atoms with Crippen LogP contribution in [0.15, 0.2) is 18.5 Å². The summed E-state index contributed by atoms with van der Waals surface area (Å²) < 4.78 is 80.9. The van der Waals surface area contributed by atoms with Gasteiger partial charge in [0, 0.05) is 70.4 Å². The van der Waals surface area contributed by atoms with Gasteiger partial charge in [-0.3, -0.25) is 14.5 Å². The largest absolute Gasteiger partial charge is 0.481 e. The molecule has 2 aromatic heterocycles. The third-order valence-electron chi connectivity index (χ3n) is 11.9. The highest BCUT2D eigenvalue weighted by Crippen LogP contribution is 2.50. The van der Waals surface area contributed by atoms with Crippen LogP contribution in [0, 0.1) is 23.7 Å². The number of halogens is 5. The van der Waals surface area contributed by atoms with Crippen LogP contribution in [0.3, 0.4) is 0 Å². The molecule has 0 radical (unpaired) electrons. The monoisotopic (exact) mass is 750 g/mol. The van der Waals surface area contributed by atoms with Crippen LogP contribution >= 0.6 is 0 Å². The highest BCUT2D eigenvalue weighted by molar-refractivity contribution is 5.95. The fraction of sp³-hybridized carbons (Fsp3) is 0.703. The fourth-order valence-electron chi connectivity index (χ4n) is 9.63. The SMILES string of the molecule is CC(F)(F)c1nc(N2CC3(CCOCC3)c3cc(OC4CCN(CC(F)(F)F)CC4)ncc32)ncc1C(=O)NCC1CC2CC(CC(=O)O)CC(C1)C2. The number of fused-ring (bicyclic) bond motifs is 4. The molecule has 2 unspecified atom stereocenters. The van der Waals surface area contributed by atoms with Gasteiger partial charge in [0.15, 0.2) is 0 Å². The molecule has 0 aromatic carbocycles. The molecule has 290 valence electrons. The molecule has 2 aliphatic carbocycles. The van der Waals surface area contributed by atoms with Gasteiger partial charge < -0.3 is 24.8 Å². The summed E-state index contributed by atoms with van der Waals surface area (Å²) in [5.41, 5.74) is 0.140. The number of nitrogens with zero attached hydrogens (tertiary/aromatic N) is 5. The molecule has 5 aliphatic rings. The van der Waals surface area contributed by atoms with E-state index in [1.807, 2.05) is 6.07 Å². The minimum atomic E-state index is -4.25. The minimum Gasteiger partial charge on any atom is -0.481 e. The minimum absolute atomic E-state index is 0.0196. The van der Waals surface area contributed by atoms with Crippen LogP contribution < -0.4 is 15.0 Å². The number of pyridine rings is 1. The summed E-state index contributed by atoms with van der Waals surface area (Å²) in [6, 6.07) is 1.84. The lowest BCUT2D eigenvalue weighted by Gasteiger charge is -2.42. The van der Waals surface area contributed by atoms with Gasteiger partial charge in [-0.1, -0.05) is 0 Å². The van der Waals surface area contributed by atoms with E-state index in [2.05, 4.69) is 20.3 Å². The van der Waals surface area contributed by atoms with Gasteiger partial charge in [0.25, 0.3) is 11.8 Å². The standard InChI is InChI=1S/C37H47F5N6O5/c1-35(38,39)32-27(33(51)44-17-25-13-22-10-23(14-25)12-24(11-22)15-31(49)50)18-45-34(46-32)48-20-36(4-8-52-9-5-36)28-16-30(43-19-29(28)48)53-26-2-6-47(7-3-26)21-37(40,41)42/h16,18-19,22-26H,2-15,17,20-21H2,1H3,(H,44,51)(H,49,50). The Kier molecular flexibility index (Phi) is 10.6. The Morgan fingerprint density at radius 3 is 2.32 bits per heavy atom. The van der Waals surface area contributed by atoms with Crippen molar-refractivity contribution in [2.75, 3.05) is 50.8 Å².